The third-order valence-corrected chi connectivity index (χ3v) is 4.94. The maximum absolute atomic E-state index is 16.1. The third kappa shape index (κ3) is 4.89. The van der Waals surface area contributed by atoms with Crippen LogP contribution in [0.5, 0.6) is 5.88 Å². The summed E-state index contributed by atoms with van der Waals surface area (Å²) in [6, 6.07) is 16.8. The van der Waals surface area contributed by atoms with Crippen LogP contribution < -0.4 is 23.6 Å². The molecule has 29 heavy (non-hydrogen) atoms. The number of alkyl halides is 1. The standard InChI is InChI=1S/C19H15FN2O5S.Li/c20-19(28(25)26,15-8-2-1-3-9-15)18(27-17-11-4-5-12-21-17)14-7-6-10-16(13-14)22(23)24;/h1-13,18H,(H,25,26);/q;+1/p-1/t18-,19-;/m0./s1. The molecular formula is C19H14FLiN2O5S. The number of nitro groups is 1. The molecule has 0 spiro atoms. The van der Waals surface area contributed by atoms with E-state index in [1.54, 1.807) is 18.2 Å². The van der Waals surface area contributed by atoms with Crippen LogP contribution in [0.25, 0.3) is 0 Å². The van der Waals surface area contributed by atoms with Crippen molar-refractivity contribution in [3.63, 3.8) is 0 Å². The minimum atomic E-state index is -3.28. The number of aromatic nitrogens is 1. The van der Waals surface area contributed by atoms with Crippen LogP contribution in [0, 0.1) is 10.1 Å². The SMILES string of the molecule is O=[N+]([O-])c1cccc([C@H](Oc2ccccn2)[C@](F)(c2ccccc2)S(=O)[O-])c1.[Li+]. The summed E-state index contributed by atoms with van der Waals surface area (Å²) < 4.78 is 45.8. The Kier molecular flexibility index (Phi) is 7.64. The van der Waals surface area contributed by atoms with E-state index in [2.05, 4.69) is 4.98 Å². The summed E-state index contributed by atoms with van der Waals surface area (Å²) >= 11 is -3.28. The molecule has 3 aromatic rings. The van der Waals surface area contributed by atoms with Crippen molar-refractivity contribution in [1.82, 2.24) is 4.98 Å². The van der Waals surface area contributed by atoms with Crippen LogP contribution in [0.4, 0.5) is 10.1 Å². The summed E-state index contributed by atoms with van der Waals surface area (Å²) in [4.78, 5) is 14.4. The van der Waals surface area contributed by atoms with Gasteiger partial charge in [0.2, 0.25) is 10.9 Å². The predicted molar refractivity (Wildman–Crippen MR) is 98.9 cm³/mol. The number of benzene rings is 2. The smallest absolute Gasteiger partial charge is 0.770 e. The molecule has 10 heteroatoms. The summed E-state index contributed by atoms with van der Waals surface area (Å²) in [7, 11) is 0. The molecule has 0 fully saturated rings. The Bertz CT molecular complexity index is 996. The number of rotatable bonds is 7. The van der Waals surface area contributed by atoms with Gasteiger partial charge in [0.05, 0.1) is 4.92 Å². The topological polar surface area (TPSA) is 105 Å². The average molecular weight is 408 g/mol. The second-order valence-corrected chi connectivity index (χ2v) is 6.83. The van der Waals surface area contributed by atoms with Crippen molar-refractivity contribution in [2.24, 2.45) is 0 Å². The van der Waals surface area contributed by atoms with Crippen LogP contribution in [0.3, 0.4) is 0 Å². The minimum Gasteiger partial charge on any atom is -0.770 e. The Morgan fingerprint density at radius 2 is 1.76 bits per heavy atom. The summed E-state index contributed by atoms with van der Waals surface area (Å²) in [6.07, 6.45) is -0.334. The molecule has 2 aromatic carbocycles. The Morgan fingerprint density at radius 1 is 1.07 bits per heavy atom. The zero-order valence-electron chi connectivity index (χ0n) is 15.3. The predicted octanol–water partition coefficient (Wildman–Crippen LogP) is 0.816. The van der Waals surface area contributed by atoms with E-state index in [0.717, 1.165) is 6.07 Å². The Balaban J connectivity index is 0.00000300. The summed E-state index contributed by atoms with van der Waals surface area (Å²) in [5.41, 5.74) is -0.509. The van der Waals surface area contributed by atoms with Crippen LogP contribution in [0.2, 0.25) is 0 Å². The van der Waals surface area contributed by atoms with Crippen molar-refractivity contribution in [3.8, 4) is 5.88 Å². The number of pyridine rings is 1. The molecule has 0 amide bonds. The molecule has 3 rings (SSSR count). The van der Waals surface area contributed by atoms with Crippen molar-refractivity contribution in [2.75, 3.05) is 0 Å². The van der Waals surface area contributed by atoms with Gasteiger partial charge in [0, 0.05) is 35.5 Å². The number of nitro benzene ring substituents is 1. The first-order chi connectivity index (χ1) is 13.4. The van der Waals surface area contributed by atoms with Gasteiger partial charge in [0.15, 0.2) is 6.10 Å². The molecule has 7 nitrogen and oxygen atoms in total. The molecule has 1 unspecified atom stereocenters. The monoisotopic (exact) mass is 408 g/mol. The molecule has 0 N–H and O–H groups in total. The maximum atomic E-state index is 16.1. The molecule has 1 aromatic heterocycles. The van der Waals surface area contributed by atoms with Gasteiger partial charge in [0.25, 0.3) is 5.69 Å². The van der Waals surface area contributed by atoms with Gasteiger partial charge in [-0.2, -0.15) is 0 Å². The van der Waals surface area contributed by atoms with Gasteiger partial charge in [-0.1, -0.05) is 48.5 Å². The van der Waals surface area contributed by atoms with E-state index < -0.39 is 27.1 Å². The number of non-ortho nitro benzene ring substituents is 1. The molecule has 3 atom stereocenters. The first-order valence-electron chi connectivity index (χ1n) is 8.08. The molecule has 144 valence electrons. The van der Waals surface area contributed by atoms with E-state index in [1.165, 1.54) is 54.7 Å². The van der Waals surface area contributed by atoms with Crippen molar-refractivity contribution in [1.29, 1.82) is 0 Å². The molecule has 0 bridgehead atoms. The fraction of sp³-hybridized carbons (Fsp3) is 0.105. The zero-order valence-corrected chi connectivity index (χ0v) is 16.1. The fourth-order valence-electron chi connectivity index (χ4n) is 2.70. The molecule has 0 aliphatic rings. The van der Waals surface area contributed by atoms with E-state index in [-0.39, 0.29) is 41.6 Å². The number of halogens is 1. The van der Waals surface area contributed by atoms with Gasteiger partial charge in [-0.05, 0) is 17.1 Å². The van der Waals surface area contributed by atoms with Gasteiger partial charge in [-0.25, -0.2) is 9.37 Å². The zero-order chi connectivity index (χ0) is 20.1. The molecule has 1 heterocycles. The molecule has 0 aliphatic heterocycles. The van der Waals surface area contributed by atoms with Crippen LogP contribution in [-0.2, 0) is 16.1 Å². The van der Waals surface area contributed by atoms with Gasteiger partial charge >= 0.3 is 18.9 Å². The number of ether oxygens (including phenoxy) is 1. The molecule has 0 radical (unpaired) electrons. The largest absolute Gasteiger partial charge is 1.00 e. The normalized spacial score (nSPS) is 14.7. The van der Waals surface area contributed by atoms with E-state index in [9.17, 15) is 18.9 Å². The Hall–Kier alpha value is -2.57. The van der Waals surface area contributed by atoms with E-state index in [0.29, 0.717) is 0 Å². The van der Waals surface area contributed by atoms with Crippen LogP contribution >= 0.6 is 0 Å². The number of hydrogen-bond donors (Lipinski definition) is 0. The van der Waals surface area contributed by atoms with Gasteiger partial charge < -0.3 is 9.29 Å². The summed E-state index contributed by atoms with van der Waals surface area (Å²) in [5.74, 6) is -0.0255. The van der Waals surface area contributed by atoms with Crippen LogP contribution in [0.1, 0.15) is 17.2 Å². The Labute approximate surface area is 180 Å². The van der Waals surface area contributed by atoms with Crippen LogP contribution in [0.15, 0.2) is 79.0 Å². The van der Waals surface area contributed by atoms with Crippen molar-refractivity contribution < 1.29 is 41.7 Å². The number of hydrogen-bond acceptors (Lipinski definition) is 6. The maximum Gasteiger partial charge on any atom is 1.00 e. The minimum absolute atomic E-state index is 0. The summed E-state index contributed by atoms with van der Waals surface area (Å²) in [6.45, 7) is 0. The quantitative estimate of drug-likeness (QED) is 0.248. The first-order valence-corrected chi connectivity index (χ1v) is 9.16. The molecular weight excluding hydrogens is 394 g/mol. The van der Waals surface area contributed by atoms with E-state index in [1.807, 2.05) is 0 Å². The van der Waals surface area contributed by atoms with E-state index >= 15 is 4.39 Å². The fourth-order valence-corrected chi connectivity index (χ4v) is 3.39. The third-order valence-electron chi connectivity index (χ3n) is 4.01. The van der Waals surface area contributed by atoms with Gasteiger partial charge in [0.1, 0.15) is 0 Å². The van der Waals surface area contributed by atoms with E-state index in [4.69, 9.17) is 4.74 Å². The summed E-state index contributed by atoms with van der Waals surface area (Å²) in [5, 5.41) is 8.10. The second kappa shape index (κ2) is 9.76. The molecule has 0 aliphatic carbocycles. The van der Waals surface area contributed by atoms with Crippen molar-refractivity contribution in [2.45, 2.75) is 11.1 Å². The molecule has 0 saturated heterocycles. The van der Waals surface area contributed by atoms with Gasteiger partial charge in [-0.15, -0.1) is 0 Å². The number of nitrogens with zero attached hydrogens (tertiary/aromatic N) is 2. The Morgan fingerprint density at radius 3 is 2.34 bits per heavy atom. The van der Waals surface area contributed by atoms with Crippen molar-refractivity contribution >= 4 is 16.8 Å². The van der Waals surface area contributed by atoms with Crippen molar-refractivity contribution in [3.05, 3.63) is 100 Å². The first kappa shape index (κ1) is 22.7. The second-order valence-electron chi connectivity index (χ2n) is 5.76. The van der Waals surface area contributed by atoms with Crippen LogP contribution in [-0.4, -0.2) is 18.7 Å². The van der Waals surface area contributed by atoms with Gasteiger partial charge in [-0.3, -0.25) is 14.3 Å². The average Bonchev–Trinajstić information content (AvgIpc) is 2.72. The molecule has 0 saturated carbocycles.